The van der Waals surface area contributed by atoms with Gasteiger partial charge in [0.1, 0.15) is 10.8 Å². The van der Waals surface area contributed by atoms with Gasteiger partial charge in [-0.15, -0.1) is 0 Å². The highest BCUT2D eigenvalue weighted by atomic mass is 35.5. The van der Waals surface area contributed by atoms with Crippen molar-refractivity contribution in [2.75, 3.05) is 5.73 Å². The summed E-state index contributed by atoms with van der Waals surface area (Å²) in [6.07, 6.45) is 4.82. The molecule has 23 heavy (non-hydrogen) atoms. The molecule has 0 aliphatic heterocycles. The van der Waals surface area contributed by atoms with Crippen molar-refractivity contribution < 1.29 is 5.11 Å². The predicted molar refractivity (Wildman–Crippen MR) is 98.3 cm³/mol. The second-order valence-electron chi connectivity index (χ2n) is 6.56. The maximum atomic E-state index is 9.87. The van der Waals surface area contributed by atoms with E-state index in [1.165, 1.54) is 6.42 Å². The zero-order valence-electron chi connectivity index (χ0n) is 14.0. The van der Waals surface area contributed by atoms with E-state index < -0.39 is 0 Å². The van der Waals surface area contributed by atoms with E-state index in [4.69, 9.17) is 27.7 Å². The molecule has 2 unspecified atom stereocenters. The first-order valence-corrected chi connectivity index (χ1v) is 8.19. The molecule has 2 atom stereocenters. The summed E-state index contributed by atoms with van der Waals surface area (Å²) in [7, 11) is 0. The highest BCUT2D eigenvalue weighted by Crippen LogP contribution is 2.44. The van der Waals surface area contributed by atoms with Gasteiger partial charge >= 0.3 is 0 Å². The number of aryl methyl sites for hydroxylation is 1. The standard InChI is InChI=1S/C18H24ClN3O/c1-9-7-10(2)15(9)13(6-5-12(4)20)22-14-8-11(3)18(23)16(19)17(14)21/h5-6,8-10,15,20,23H,7,21H2,1-4H3. The Kier molecular flexibility index (Phi) is 5.15. The molecule has 1 aliphatic rings. The van der Waals surface area contributed by atoms with Gasteiger partial charge in [0.05, 0.1) is 11.4 Å². The zero-order chi connectivity index (χ0) is 17.3. The number of aromatic hydroxyl groups is 1. The van der Waals surface area contributed by atoms with Gasteiger partial charge in [0.25, 0.3) is 0 Å². The fourth-order valence-electron chi connectivity index (χ4n) is 3.26. The van der Waals surface area contributed by atoms with Crippen LogP contribution < -0.4 is 5.73 Å². The van der Waals surface area contributed by atoms with Gasteiger partial charge in [-0.2, -0.15) is 0 Å². The Hall–Kier alpha value is -1.81. The second-order valence-corrected chi connectivity index (χ2v) is 6.94. The van der Waals surface area contributed by atoms with Crippen molar-refractivity contribution >= 4 is 34.4 Å². The van der Waals surface area contributed by atoms with Gasteiger partial charge in [0.2, 0.25) is 0 Å². The van der Waals surface area contributed by atoms with Crippen LogP contribution in [0.4, 0.5) is 11.4 Å². The lowest BCUT2D eigenvalue weighted by molar-refractivity contribution is 0.167. The largest absolute Gasteiger partial charge is 0.506 e. The number of phenolic OH excluding ortho intramolecular Hbond substituents is 1. The summed E-state index contributed by atoms with van der Waals surface area (Å²) in [5.41, 5.74) is 8.91. The molecular weight excluding hydrogens is 310 g/mol. The van der Waals surface area contributed by atoms with Crippen molar-refractivity contribution in [2.24, 2.45) is 22.7 Å². The van der Waals surface area contributed by atoms with Crippen LogP contribution in [0.3, 0.4) is 0 Å². The Balaban J connectivity index is 2.51. The van der Waals surface area contributed by atoms with E-state index in [0.717, 1.165) is 5.71 Å². The monoisotopic (exact) mass is 333 g/mol. The minimum atomic E-state index is 0.000856. The Morgan fingerprint density at radius 1 is 1.39 bits per heavy atom. The molecule has 124 valence electrons. The van der Waals surface area contributed by atoms with Crippen LogP contribution in [0.5, 0.6) is 5.75 Å². The first-order valence-electron chi connectivity index (χ1n) is 7.81. The third kappa shape index (κ3) is 3.58. The third-order valence-corrected chi connectivity index (χ3v) is 4.89. The number of nitrogens with two attached hydrogens (primary N) is 1. The summed E-state index contributed by atoms with van der Waals surface area (Å²) >= 11 is 6.09. The number of nitrogens with one attached hydrogen (secondary N) is 1. The van der Waals surface area contributed by atoms with Crippen LogP contribution >= 0.6 is 11.6 Å². The molecule has 0 heterocycles. The Labute approximate surface area is 142 Å². The number of allylic oxidation sites excluding steroid dienone is 2. The lowest BCUT2D eigenvalue weighted by Gasteiger charge is -2.41. The number of benzene rings is 1. The number of aliphatic imine (C=N–C) groups is 1. The van der Waals surface area contributed by atoms with E-state index in [0.29, 0.717) is 34.7 Å². The number of hydrogen-bond donors (Lipinski definition) is 3. The van der Waals surface area contributed by atoms with Crippen molar-refractivity contribution in [2.45, 2.75) is 34.1 Å². The second kappa shape index (κ2) is 6.75. The smallest absolute Gasteiger partial charge is 0.139 e. The van der Waals surface area contributed by atoms with Crippen LogP contribution in [0.25, 0.3) is 0 Å². The maximum absolute atomic E-state index is 9.87. The molecule has 0 amide bonds. The van der Waals surface area contributed by atoms with Crippen molar-refractivity contribution in [1.82, 2.24) is 0 Å². The fraction of sp³-hybridized carbons (Fsp3) is 0.444. The summed E-state index contributed by atoms with van der Waals surface area (Å²) in [6, 6.07) is 1.75. The molecule has 0 radical (unpaired) electrons. The summed E-state index contributed by atoms with van der Waals surface area (Å²) in [4.78, 5) is 4.73. The lowest BCUT2D eigenvalue weighted by Crippen LogP contribution is -2.38. The van der Waals surface area contributed by atoms with Crippen molar-refractivity contribution in [3.63, 3.8) is 0 Å². The first kappa shape index (κ1) is 17.5. The number of hydrogen-bond acceptors (Lipinski definition) is 4. The first-order chi connectivity index (χ1) is 10.7. The van der Waals surface area contributed by atoms with E-state index in [1.807, 2.05) is 6.08 Å². The highest BCUT2D eigenvalue weighted by molar-refractivity contribution is 6.35. The summed E-state index contributed by atoms with van der Waals surface area (Å²) in [5, 5.41) is 17.6. The molecule has 1 saturated carbocycles. The molecule has 0 aromatic heterocycles. The molecule has 1 aromatic rings. The molecule has 1 aliphatic carbocycles. The number of anilines is 1. The van der Waals surface area contributed by atoms with Gasteiger partial charge in [0.15, 0.2) is 0 Å². The summed E-state index contributed by atoms with van der Waals surface area (Å²) in [6.45, 7) is 7.93. The number of nitrogens with zero attached hydrogens (tertiary/aromatic N) is 1. The van der Waals surface area contributed by atoms with E-state index in [2.05, 4.69) is 13.8 Å². The number of rotatable bonds is 4. The highest BCUT2D eigenvalue weighted by Gasteiger charge is 2.37. The van der Waals surface area contributed by atoms with Crippen LogP contribution in [0, 0.1) is 30.1 Å². The van der Waals surface area contributed by atoms with Crippen molar-refractivity contribution in [3.8, 4) is 5.75 Å². The summed E-state index contributed by atoms with van der Waals surface area (Å²) < 4.78 is 0. The molecule has 4 nitrogen and oxygen atoms in total. The SMILES string of the molecule is CC(=N)C=CC(=Nc1cc(C)c(O)c(Cl)c1N)C1C(C)CC1C. The number of nitrogen functional groups attached to an aromatic ring is 1. The normalized spacial score (nSPS) is 24.7. The van der Waals surface area contributed by atoms with E-state index in [-0.39, 0.29) is 16.5 Å². The average Bonchev–Trinajstić information content (AvgIpc) is 2.47. The lowest BCUT2D eigenvalue weighted by atomic mass is 9.64. The maximum Gasteiger partial charge on any atom is 0.139 e. The van der Waals surface area contributed by atoms with Gasteiger partial charge < -0.3 is 16.2 Å². The molecule has 1 aromatic carbocycles. The quantitative estimate of drug-likeness (QED) is 0.541. The van der Waals surface area contributed by atoms with Crippen LogP contribution in [0.15, 0.2) is 23.2 Å². The molecule has 5 heteroatoms. The van der Waals surface area contributed by atoms with Gasteiger partial charge in [-0.05, 0) is 55.9 Å². The van der Waals surface area contributed by atoms with E-state index in [9.17, 15) is 5.11 Å². The predicted octanol–water partition coefficient (Wildman–Crippen LogP) is 4.90. The Bertz CT molecular complexity index is 686. The van der Waals surface area contributed by atoms with Crippen LogP contribution in [0.2, 0.25) is 5.02 Å². The zero-order valence-corrected chi connectivity index (χ0v) is 14.8. The fourth-order valence-corrected chi connectivity index (χ4v) is 3.50. The number of halogens is 1. The molecule has 1 fully saturated rings. The third-order valence-electron chi connectivity index (χ3n) is 4.51. The van der Waals surface area contributed by atoms with Crippen LogP contribution in [0.1, 0.15) is 32.8 Å². The van der Waals surface area contributed by atoms with Crippen LogP contribution in [-0.4, -0.2) is 16.5 Å². The Morgan fingerprint density at radius 3 is 2.52 bits per heavy atom. The molecule has 2 rings (SSSR count). The summed E-state index contributed by atoms with van der Waals surface area (Å²) in [5.74, 6) is 1.45. The minimum Gasteiger partial charge on any atom is -0.506 e. The van der Waals surface area contributed by atoms with E-state index in [1.54, 1.807) is 26.0 Å². The molecular formula is C18H24ClN3O. The average molecular weight is 334 g/mol. The van der Waals surface area contributed by atoms with Gasteiger partial charge in [-0.1, -0.05) is 25.4 Å². The number of phenols is 1. The molecule has 0 saturated heterocycles. The van der Waals surface area contributed by atoms with Crippen LogP contribution in [-0.2, 0) is 0 Å². The van der Waals surface area contributed by atoms with Crippen molar-refractivity contribution in [1.29, 1.82) is 5.41 Å². The molecule has 0 spiro atoms. The van der Waals surface area contributed by atoms with E-state index >= 15 is 0 Å². The van der Waals surface area contributed by atoms with Crippen molar-refractivity contribution in [3.05, 3.63) is 28.8 Å². The topological polar surface area (TPSA) is 82.5 Å². The Morgan fingerprint density at radius 2 is 2.00 bits per heavy atom. The van der Waals surface area contributed by atoms with Gasteiger partial charge in [0, 0.05) is 17.3 Å². The molecule has 4 N–H and O–H groups in total. The molecule has 0 bridgehead atoms. The van der Waals surface area contributed by atoms with Gasteiger partial charge in [-0.3, -0.25) is 4.99 Å². The minimum absolute atomic E-state index is 0.000856. The van der Waals surface area contributed by atoms with Gasteiger partial charge in [-0.25, -0.2) is 0 Å².